The first-order valence-corrected chi connectivity index (χ1v) is 10.1. The highest BCUT2D eigenvalue weighted by atomic mass is 19.4. The highest BCUT2D eigenvalue weighted by Crippen LogP contribution is 2.44. The lowest BCUT2D eigenvalue weighted by atomic mass is 9.82. The van der Waals surface area contributed by atoms with Crippen LogP contribution in [0.2, 0.25) is 0 Å². The third-order valence-electron chi connectivity index (χ3n) is 5.98. The summed E-state index contributed by atoms with van der Waals surface area (Å²) in [6, 6.07) is 10.5. The molecule has 4 rings (SSSR count). The molecule has 0 unspecified atom stereocenters. The van der Waals surface area contributed by atoms with Gasteiger partial charge in [0.1, 0.15) is 0 Å². The van der Waals surface area contributed by atoms with Crippen LogP contribution in [-0.2, 0) is 11.0 Å². The summed E-state index contributed by atoms with van der Waals surface area (Å²) in [6.07, 6.45) is -3.32. The summed E-state index contributed by atoms with van der Waals surface area (Å²) in [7, 11) is 1.54. The molecule has 0 spiro atoms. The van der Waals surface area contributed by atoms with Crippen LogP contribution in [0.5, 0.6) is 0 Å². The quantitative estimate of drug-likeness (QED) is 0.620. The fraction of sp³-hybridized carbons (Fsp3) is 0.292. The number of likely N-dealkylation sites (N-methyl/N-ethyl adjacent to an activating group) is 1. The molecule has 2 aromatic rings. The number of nitrogens with zero attached hydrogens (tertiary/aromatic N) is 3. The Bertz CT molecular complexity index is 1190. The van der Waals surface area contributed by atoms with Crippen molar-refractivity contribution in [2.45, 2.75) is 38.4 Å². The summed E-state index contributed by atoms with van der Waals surface area (Å²) in [5.41, 5.74) is 2.01. The first kappa shape index (κ1) is 21.6. The maximum atomic E-state index is 13.4. The summed E-state index contributed by atoms with van der Waals surface area (Å²) < 4.78 is 39.9. The number of urea groups is 1. The fourth-order valence-electron chi connectivity index (χ4n) is 4.47. The molecule has 0 radical (unpaired) electrons. The lowest BCUT2D eigenvalue weighted by molar-refractivity contribution is -0.137. The molecule has 0 saturated heterocycles. The largest absolute Gasteiger partial charge is 0.416 e. The molecule has 0 bridgehead atoms. The predicted molar refractivity (Wildman–Crippen MR) is 112 cm³/mol. The average Bonchev–Trinajstić information content (AvgIpc) is 2.75. The number of ketones is 1. The van der Waals surface area contributed by atoms with Gasteiger partial charge in [-0.15, -0.1) is 0 Å². The van der Waals surface area contributed by atoms with Crippen molar-refractivity contribution in [1.82, 2.24) is 4.90 Å². The smallest absolute Gasteiger partial charge is 0.316 e. The zero-order valence-electron chi connectivity index (χ0n) is 17.5. The highest BCUT2D eigenvalue weighted by molar-refractivity contribution is 6.06. The van der Waals surface area contributed by atoms with E-state index < -0.39 is 23.8 Å². The molecule has 0 aromatic heterocycles. The number of rotatable bonds is 2. The van der Waals surface area contributed by atoms with Gasteiger partial charge >= 0.3 is 12.2 Å². The number of carbonyl (C=O) groups is 2. The van der Waals surface area contributed by atoms with E-state index in [1.165, 1.54) is 29.0 Å². The predicted octanol–water partition coefficient (Wildman–Crippen LogP) is 5.51. The molecule has 2 amide bonds. The van der Waals surface area contributed by atoms with Crippen LogP contribution in [0.4, 0.5) is 23.7 Å². The fourth-order valence-corrected chi connectivity index (χ4v) is 4.47. The maximum Gasteiger partial charge on any atom is 0.416 e. The standard InChI is InChI=1S/C24H20F3N3O2/c1-14-11-15(13-28)9-10-18(14)22-21-19(7-4-8-20(21)31)30(23(32)29(22)2)17-6-3-5-16(12-17)24(25,26)27/h3,5-6,9-12,22H,4,7-8H2,1-2H3/t22-/m1/s1. The Morgan fingerprint density at radius 1 is 1.09 bits per heavy atom. The van der Waals surface area contributed by atoms with Gasteiger partial charge in [-0.2, -0.15) is 18.4 Å². The number of amides is 2. The van der Waals surface area contributed by atoms with Crippen LogP contribution in [0.1, 0.15) is 47.6 Å². The summed E-state index contributed by atoms with van der Waals surface area (Å²) in [5.74, 6) is -0.128. The number of alkyl halides is 3. The molecule has 164 valence electrons. The zero-order chi connectivity index (χ0) is 23.2. The third-order valence-corrected chi connectivity index (χ3v) is 5.98. The Morgan fingerprint density at radius 2 is 1.84 bits per heavy atom. The zero-order valence-corrected chi connectivity index (χ0v) is 17.5. The number of allylic oxidation sites excluding steroid dienone is 1. The topological polar surface area (TPSA) is 64.4 Å². The molecule has 32 heavy (non-hydrogen) atoms. The number of anilines is 1. The molecule has 8 heteroatoms. The van der Waals surface area contributed by atoms with Crippen LogP contribution < -0.4 is 4.90 Å². The van der Waals surface area contributed by atoms with E-state index in [1.807, 2.05) is 0 Å². The van der Waals surface area contributed by atoms with E-state index in [9.17, 15) is 22.8 Å². The number of benzene rings is 2. The van der Waals surface area contributed by atoms with Gasteiger partial charge in [-0.25, -0.2) is 4.79 Å². The molecule has 2 aromatic carbocycles. The van der Waals surface area contributed by atoms with Gasteiger partial charge in [-0.3, -0.25) is 9.69 Å². The van der Waals surface area contributed by atoms with Gasteiger partial charge in [0, 0.05) is 24.7 Å². The van der Waals surface area contributed by atoms with Crippen molar-refractivity contribution in [3.8, 4) is 6.07 Å². The molecule has 0 saturated carbocycles. The minimum Gasteiger partial charge on any atom is -0.316 e. The summed E-state index contributed by atoms with van der Waals surface area (Å²) in [4.78, 5) is 29.1. The van der Waals surface area contributed by atoms with Crippen LogP contribution in [0.15, 0.2) is 53.7 Å². The Labute approximate surface area is 183 Å². The Hall–Kier alpha value is -3.60. The summed E-state index contributed by atoms with van der Waals surface area (Å²) in [5, 5.41) is 9.16. The van der Waals surface area contributed by atoms with Crippen molar-refractivity contribution < 1.29 is 22.8 Å². The van der Waals surface area contributed by atoms with Crippen molar-refractivity contribution in [3.05, 3.63) is 76.0 Å². The molecule has 1 atom stereocenters. The van der Waals surface area contributed by atoms with Crippen molar-refractivity contribution in [2.24, 2.45) is 0 Å². The van der Waals surface area contributed by atoms with Gasteiger partial charge in [0.05, 0.1) is 28.9 Å². The lowest BCUT2D eigenvalue weighted by Gasteiger charge is -2.44. The lowest BCUT2D eigenvalue weighted by Crippen LogP contribution is -2.50. The molecule has 1 aliphatic carbocycles. The average molecular weight is 439 g/mol. The Kier molecular flexibility index (Phi) is 5.29. The van der Waals surface area contributed by atoms with E-state index in [-0.39, 0.29) is 11.5 Å². The molecule has 0 N–H and O–H groups in total. The van der Waals surface area contributed by atoms with Gasteiger partial charge in [0.2, 0.25) is 0 Å². The second-order valence-corrected chi connectivity index (χ2v) is 8.00. The van der Waals surface area contributed by atoms with Gasteiger partial charge in [0.15, 0.2) is 5.78 Å². The summed E-state index contributed by atoms with van der Waals surface area (Å²) >= 11 is 0. The number of aryl methyl sites for hydroxylation is 1. The molecule has 2 aliphatic rings. The van der Waals surface area contributed by atoms with Crippen LogP contribution in [-0.4, -0.2) is 23.8 Å². The van der Waals surface area contributed by atoms with Crippen LogP contribution in [0.25, 0.3) is 0 Å². The molecular formula is C24H20F3N3O2. The second kappa shape index (κ2) is 7.83. The van der Waals surface area contributed by atoms with Crippen molar-refractivity contribution >= 4 is 17.5 Å². The van der Waals surface area contributed by atoms with Gasteiger partial charge < -0.3 is 4.90 Å². The first-order valence-electron chi connectivity index (χ1n) is 10.1. The van der Waals surface area contributed by atoms with Crippen molar-refractivity contribution in [3.63, 3.8) is 0 Å². The Balaban J connectivity index is 1.91. The van der Waals surface area contributed by atoms with Crippen LogP contribution >= 0.6 is 0 Å². The van der Waals surface area contributed by atoms with Crippen molar-refractivity contribution in [1.29, 1.82) is 5.26 Å². The van der Waals surface area contributed by atoms with Crippen LogP contribution in [0, 0.1) is 18.3 Å². The molecular weight excluding hydrogens is 419 g/mol. The first-order chi connectivity index (χ1) is 15.1. The van der Waals surface area contributed by atoms with Gasteiger partial charge in [0.25, 0.3) is 0 Å². The van der Waals surface area contributed by atoms with E-state index >= 15 is 0 Å². The monoisotopic (exact) mass is 439 g/mol. The van der Waals surface area contributed by atoms with E-state index in [1.54, 1.807) is 25.1 Å². The number of nitriles is 1. The van der Waals surface area contributed by atoms with E-state index in [0.717, 1.165) is 17.7 Å². The third kappa shape index (κ3) is 3.54. The minimum absolute atomic E-state index is 0.0777. The van der Waals surface area contributed by atoms with Gasteiger partial charge in [-0.1, -0.05) is 12.1 Å². The number of carbonyl (C=O) groups excluding carboxylic acids is 2. The Morgan fingerprint density at radius 3 is 2.50 bits per heavy atom. The molecule has 1 aliphatic heterocycles. The van der Waals surface area contributed by atoms with Gasteiger partial charge in [-0.05, 0) is 61.2 Å². The number of Topliss-reactive ketones (excluding diaryl/α,β-unsaturated/α-hetero) is 1. The SMILES string of the molecule is Cc1cc(C#N)ccc1[C@@H]1C2=C(CCCC2=O)N(c2cccc(C(F)(F)F)c2)C(=O)N1C. The molecule has 1 heterocycles. The van der Waals surface area contributed by atoms with E-state index in [4.69, 9.17) is 5.26 Å². The number of hydrogen-bond acceptors (Lipinski definition) is 3. The highest BCUT2D eigenvalue weighted by Gasteiger charge is 2.43. The summed E-state index contributed by atoms with van der Waals surface area (Å²) in [6.45, 7) is 1.81. The van der Waals surface area contributed by atoms with Crippen LogP contribution in [0.3, 0.4) is 0 Å². The number of halogens is 3. The normalized spacial score (nSPS) is 19.2. The number of hydrogen-bond donors (Lipinski definition) is 0. The minimum atomic E-state index is -4.55. The molecule has 0 fully saturated rings. The van der Waals surface area contributed by atoms with E-state index in [2.05, 4.69) is 6.07 Å². The second-order valence-electron chi connectivity index (χ2n) is 8.00. The van der Waals surface area contributed by atoms with Crippen molar-refractivity contribution in [2.75, 3.05) is 11.9 Å². The van der Waals surface area contributed by atoms with E-state index in [0.29, 0.717) is 41.7 Å². The molecule has 5 nitrogen and oxygen atoms in total. The maximum absolute atomic E-state index is 13.4.